The Hall–Kier alpha value is -3.02. The van der Waals surface area contributed by atoms with Gasteiger partial charge in [-0.25, -0.2) is 4.79 Å². The second kappa shape index (κ2) is 9.96. The summed E-state index contributed by atoms with van der Waals surface area (Å²) in [6.45, 7) is 0.680. The van der Waals surface area contributed by atoms with Gasteiger partial charge in [-0.3, -0.25) is 13.9 Å². The Morgan fingerprint density at radius 3 is 2.21 bits per heavy atom. The molecule has 0 N–H and O–H groups in total. The lowest BCUT2D eigenvalue weighted by Gasteiger charge is -2.05. The van der Waals surface area contributed by atoms with Crippen LogP contribution in [0.15, 0.2) is 53.3 Å². The highest BCUT2D eigenvalue weighted by molar-refractivity contribution is 5.78. The topological polar surface area (TPSA) is 62.5 Å². The predicted octanol–water partition coefficient (Wildman–Crippen LogP) is 4.31. The van der Waals surface area contributed by atoms with Gasteiger partial charge in [-0.15, -0.1) is 0 Å². The molecule has 0 bridgehead atoms. The number of para-hydroxylation sites is 2. The van der Waals surface area contributed by atoms with Crippen LogP contribution in [-0.2, 0) is 16.1 Å². The first-order valence-corrected chi connectivity index (χ1v) is 10.1. The molecule has 0 aliphatic rings. The van der Waals surface area contributed by atoms with E-state index in [1.165, 1.54) is 7.11 Å². The Morgan fingerprint density at radius 2 is 1.52 bits per heavy atom. The first kappa shape index (κ1) is 20.7. The highest BCUT2D eigenvalue weighted by Gasteiger charge is 2.14. The molecule has 0 atom stereocenters. The van der Waals surface area contributed by atoms with Crippen LogP contribution in [0.3, 0.4) is 0 Å². The second-order valence-corrected chi connectivity index (χ2v) is 7.05. The van der Waals surface area contributed by atoms with Crippen LogP contribution in [0.2, 0.25) is 0 Å². The summed E-state index contributed by atoms with van der Waals surface area (Å²) in [5.74, 6) is 0.612. The van der Waals surface area contributed by atoms with Crippen molar-refractivity contribution in [3.05, 3.63) is 59.0 Å². The molecule has 3 rings (SSSR count). The molecule has 2 aromatic carbocycles. The Bertz CT molecular complexity index is 1000. The van der Waals surface area contributed by atoms with Gasteiger partial charge in [0.2, 0.25) is 0 Å². The maximum atomic E-state index is 13.2. The van der Waals surface area contributed by atoms with Crippen molar-refractivity contribution in [2.75, 3.05) is 14.2 Å². The maximum Gasteiger partial charge on any atom is 0.333 e. The van der Waals surface area contributed by atoms with Crippen LogP contribution in [0, 0.1) is 0 Å². The number of fused-ring (bicyclic) bond motifs is 1. The molecule has 1 aromatic heterocycles. The number of aryl methyl sites for hydroxylation is 1. The minimum atomic E-state index is -0.150. The molecule has 0 amide bonds. The Morgan fingerprint density at radius 1 is 0.862 bits per heavy atom. The molecule has 0 radical (unpaired) electrons. The Kier molecular flexibility index (Phi) is 7.11. The van der Waals surface area contributed by atoms with E-state index in [1.807, 2.05) is 53.1 Å². The zero-order valence-corrected chi connectivity index (χ0v) is 17.1. The number of nitrogens with zero attached hydrogens (tertiary/aromatic N) is 2. The fraction of sp³-hybridized carbons (Fsp3) is 0.391. The van der Waals surface area contributed by atoms with Crippen LogP contribution >= 0.6 is 0 Å². The summed E-state index contributed by atoms with van der Waals surface area (Å²) in [5.41, 5.74) is 2.65. The number of aromatic nitrogens is 2. The van der Waals surface area contributed by atoms with E-state index in [2.05, 4.69) is 4.74 Å². The largest absolute Gasteiger partial charge is 0.497 e. The standard InChI is InChI=1S/C23H28N2O4/c1-28-19-15-13-18(14-16-19)25-21-11-8-7-10-20(21)24(23(25)27)17-9-5-3-4-6-12-22(26)29-2/h7-8,10-11,13-16H,3-6,9,12,17H2,1-2H3. The molecule has 0 saturated carbocycles. The van der Waals surface area contributed by atoms with E-state index in [1.54, 1.807) is 11.7 Å². The molecule has 0 saturated heterocycles. The van der Waals surface area contributed by atoms with E-state index < -0.39 is 0 Å². The minimum absolute atomic E-state index is 0.0259. The molecule has 0 spiro atoms. The quantitative estimate of drug-likeness (QED) is 0.378. The molecule has 0 fully saturated rings. The van der Waals surface area contributed by atoms with E-state index in [0.717, 1.165) is 54.6 Å². The van der Waals surface area contributed by atoms with E-state index >= 15 is 0 Å². The molecule has 6 nitrogen and oxygen atoms in total. The molecular formula is C23H28N2O4. The molecule has 6 heteroatoms. The van der Waals surface area contributed by atoms with Gasteiger partial charge in [-0.05, 0) is 49.2 Å². The van der Waals surface area contributed by atoms with Crippen LogP contribution in [0.1, 0.15) is 38.5 Å². The lowest BCUT2D eigenvalue weighted by Crippen LogP contribution is -2.23. The van der Waals surface area contributed by atoms with Crippen molar-refractivity contribution in [3.8, 4) is 11.4 Å². The number of carbonyl (C=O) groups excluding carboxylic acids is 1. The first-order valence-electron chi connectivity index (χ1n) is 10.1. The van der Waals surface area contributed by atoms with Crippen LogP contribution in [0.4, 0.5) is 0 Å². The molecule has 3 aromatic rings. The van der Waals surface area contributed by atoms with Crippen molar-refractivity contribution in [2.45, 2.75) is 45.1 Å². The summed E-state index contributed by atoms with van der Waals surface area (Å²) >= 11 is 0. The molecule has 154 valence electrons. The molecule has 1 heterocycles. The fourth-order valence-corrected chi connectivity index (χ4v) is 3.58. The number of imidazole rings is 1. The van der Waals surface area contributed by atoms with E-state index in [0.29, 0.717) is 13.0 Å². The van der Waals surface area contributed by atoms with Crippen LogP contribution in [0.5, 0.6) is 5.75 Å². The highest BCUT2D eigenvalue weighted by atomic mass is 16.5. The third-order valence-corrected chi connectivity index (χ3v) is 5.16. The normalized spacial score (nSPS) is 11.0. The van der Waals surface area contributed by atoms with E-state index in [-0.39, 0.29) is 11.7 Å². The Labute approximate surface area is 170 Å². The van der Waals surface area contributed by atoms with Gasteiger partial charge in [-0.1, -0.05) is 31.4 Å². The molecule has 0 aliphatic carbocycles. The van der Waals surface area contributed by atoms with Crippen molar-refractivity contribution >= 4 is 17.0 Å². The third-order valence-electron chi connectivity index (χ3n) is 5.16. The van der Waals surface area contributed by atoms with Crippen molar-refractivity contribution < 1.29 is 14.3 Å². The Balaban J connectivity index is 1.70. The number of benzene rings is 2. The summed E-state index contributed by atoms with van der Waals surface area (Å²) in [6, 6.07) is 15.4. The summed E-state index contributed by atoms with van der Waals surface area (Å²) in [7, 11) is 3.05. The van der Waals surface area contributed by atoms with Gasteiger partial charge in [0.15, 0.2) is 0 Å². The van der Waals surface area contributed by atoms with Crippen molar-refractivity contribution in [3.63, 3.8) is 0 Å². The summed E-state index contributed by atoms with van der Waals surface area (Å²) < 4.78 is 13.5. The van der Waals surface area contributed by atoms with Crippen LogP contribution in [0.25, 0.3) is 16.7 Å². The third kappa shape index (κ3) is 4.88. The van der Waals surface area contributed by atoms with Crippen molar-refractivity contribution in [1.29, 1.82) is 0 Å². The number of hydrogen-bond donors (Lipinski definition) is 0. The van der Waals surface area contributed by atoms with Crippen LogP contribution < -0.4 is 10.4 Å². The minimum Gasteiger partial charge on any atom is -0.497 e. The number of carbonyl (C=O) groups is 1. The van der Waals surface area contributed by atoms with Crippen LogP contribution in [-0.4, -0.2) is 29.3 Å². The lowest BCUT2D eigenvalue weighted by molar-refractivity contribution is -0.140. The van der Waals surface area contributed by atoms with Gasteiger partial charge < -0.3 is 9.47 Å². The lowest BCUT2D eigenvalue weighted by atomic mass is 10.1. The smallest absolute Gasteiger partial charge is 0.333 e. The van der Waals surface area contributed by atoms with E-state index in [9.17, 15) is 9.59 Å². The van der Waals surface area contributed by atoms with Gasteiger partial charge in [0.25, 0.3) is 0 Å². The summed E-state index contributed by atoms with van der Waals surface area (Å²) in [4.78, 5) is 24.3. The zero-order chi connectivity index (χ0) is 20.6. The number of ether oxygens (including phenoxy) is 2. The number of hydrogen-bond acceptors (Lipinski definition) is 4. The molecular weight excluding hydrogens is 368 g/mol. The average molecular weight is 396 g/mol. The molecule has 29 heavy (non-hydrogen) atoms. The van der Waals surface area contributed by atoms with Gasteiger partial charge in [0.05, 0.1) is 30.9 Å². The fourth-order valence-electron chi connectivity index (χ4n) is 3.58. The molecule has 0 aliphatic heterocycles. The van der Waals surface area contributed by atoms with Gasteiger partial charge in [0, 0.05) is 13.0 Å². The first-order chi connectivity index (χ1) is 14.2. The highest BCUT2D eigenvalue weighted by Crippen LogP contribution is 2.20. The predicted molar refractivity (Wildman–Crippen MR) is 114 cm³/mol. The average Bonchev–Trinajstić information content (AvgIpc) is 3.04. The van der Waals surface area contributed by atoms with Crippen molar-refractivity contribution in [1.82, 2.24) is 9.13 Å². The number of unbranched alkanes of at least 4 members (excludes halogenated alkanes) is 4. The number of rotatable bonds is 10. The number of esters is 1. The van der Waals surface area contributed by atoms with E-state index in [4.69, 9.17) is 4.74 Å². The summed E-state index contributed by atoms with van der Waals surface area (Å²) in [6.07, 6.45) is 5.32. The van der Waals surface area contributed by atoms with Gasteiger partial charge in [-0.2, -0.15) is 0 Å². The van der Waals surface area contributed by atoms with Gasteiger partial charge >= 0.3 is 11.7 Å². The zero-order valence-electron chi connectivity index (χ0n) is 17.1. The second-order valence-electron chi connectivity index (χ2n) is 7.05. The molecule has 0 unspecified atom stereocenters. The SMILES string of the molecule is COC(=O)CCCCCCCn1c(=O)n(-c2ccc(OC)cc2)c2ccccc21. The maximum absolute atomic E-state index is 13.2. The van der Waals surface area contributed by atoms with Gasteiger partial charge in [0.1, 0.15) is 5.75 Å². The summed E-state index contributed by atoms with van der Waals surface area (Å²) in [5, 5.41) is 0. The number of methoxy groups -OCH3 is 2. The van der Waals surface area contributed by atoms with Crippen molar-refractivity contribution in [2.24, 2.45) is 0 Å². The monoisotopic (exact) mass is 396 g/mol.